The highest BCUT2D eigenvalue weighted by molar-refractivity contribution is 5.96. The van der Waals surface area contributed by atoms with Crippen molar-refractivity contribution in [1.29, 1.82) is 0 Å². The van der Waals surface area contributed by atoms with Crippen molar-refractivity contribution in [3.05, 3.63) is 33.9 Å². The molecule has 1 aromatic heterocycles. The van der Waals surface area contributed by atoms with Crippen molar-refractivity contribution in [3.8, 4) is 5.75 Å². The van der Waals surface area contributed by atoms with Crippen molar-refractivity contribution >= 4 is 22.6 Å². The second-order valence-corrected chi connectivity index (χ2v) is 7.08. The maximum absolute atomic E-state index is 15.0. The molecule has 1 aliphatic carbocycles. The second-order valence-electron chi connectivity index (χ2n) is 7.08. The summed E-state index contributed by atoms with van der Waals surface area (Å²) in [7, 11) is 3.33. The molecule has 26 heavy (non-hydrogen) atoms. The van der Waals surface area contributed by atoms with Gasteiger partial charge in [-0.1, -0.05) is 0 Å². The molecule has 2 heterocycles. The first-order valence-electron chi connectivity index (χ1n) is 8.49. The third kappa shape index (κ3) is 2.28. The molecule has 0 radical (unpaired) electrons. The Morgan fingerprint density at radius 1 is 1.50 bits per heavy atom. The molecule has 3 N–H and O–H groups in total. The van der Waals surface area contributed by atoms with Gasteiger partial charge in [0.25, 0.3) is 0 Å². The first-order chi connectivity index (χ1) is 12.4. The Hall–Kier alpha value is -2.61. The van der Waals surface area contributed by atoms with Crippen LogP contribution in [0.5, 0.6) is 5.75 Å². The van der Waals surface area contributed by atoms with Gasteiger partial charge in [0, 0.05) is 30.7 Å². The Balaban J connectivity index is 1.89. The first kappa shape index (κ1) is 16.8. The van der Waals surface area contributed by atoms with Gasteiger partial charge in [0.1, 0.15) is 11.3 Å². The third-order valence-corrected chi connectivity index (χ3v) is 5.70. The largest absolute Gasteiger partial charge is 0.492 e. The molecule has 1 atom stereocenters. The van der Waals surface area contributed by atoms with Gasteiger partial charge >= 0.3 is 5.97 Å². The summed E-state index contributed by atoms with van der Waals surface area (Å²) in [6, 6.07) is 1.38. The zero-order chi connectivity index (χ0) is 18.6. The number of likely N-dealkylation sites (N-methyl/N-ethyl adjacent to an activating group) is 1. The molecule has 1 spiro atoms. The molecule has 2 aromatic rings. The van der Waals surface area contributed by atoms with E-state index in [-0.39, 0.29) is 22.6 Å². The van der Waals surface area contributed by atoms with E-state index in [1.54, 1.807) is 0 Å². The summed E-state index contributed by atoms with van der Waals surface area (Å²) in [4.78, 5) is 28.3. The van der Waals surface area contributed by atoms with Crippen LogP contribution in [0.4, 0.5) is 10.1 Å². The van der Waals surface area contributed by atoms with E-state index in [4.69, 9.17) is 9.84 Å². The minimum absolute atomic E-state index is 0.0338. The summed E-state index contributed by atoms with van der Waals surface area (Å²) in [6.45, 7) is 1.36. The molecule has 8 heteroatoms. The van der Waals surface area contributed by atoms with Crippen molar-refractivity contribution in [2.24, 2.45) is 5.41 Å². The second kappa shape index (κ2) is 5.70. The van der Waals surface area contributed by atoms with Crippen molar-refractivity contribution < 1.29 is 19.0 Å². The molecule has 138 valence electrons. The van der Waals surface area contributed by atoms with E-state index >= 15 is 0 Å². The summed E-state index contributed by atoms with van der Waals surface area (Å²) < 4.78 is 20.4. The van der Waals surface area contributed by atoms with Crippen molar-refractivity contribution in [2.75, 3.05) is 32.1 Å². The number of carbonyl (C=O) groups is 1. The Morgan fingerprint density at radius 2 is 2.23 bits per heavy atom. The van der Waals surface area contributed by atoms with E-state index in [2.05, 4.69) is 10.3 Å². The number of aromatic carboxylic acids is 1. The van der Waals surface area contributed by atoms with Gasteiger partial charge in [-0.15, -0.1) is 0 Å². The highest BCUT2D eigenvalue weighted by Gasteiger charge is 2.55. The van der Waals surface area contributed by atoms with Crippen LogP contribution in [0.15, 0.2) is 17.1 Å². The van der Waals surface area contributed by atoms with Gasteiger partial charge < -0.3 is 25.0 Å². The van der Waals surface area contributed by atoms with E-state index in [9.17, 15) is 14.0 Å². The maximum atomic E-state index is 15.0. The zero-order valence-electron chi connectivity index (χ0n) is 14.6. The zero-order valence-corrected chi connectivity index (χ0v) is 14.6. The highest BCUT2D eigenvalue weighted by Crippen LogP contribution is 2.54. The summed E-state index contributed by atoms with van der Waals surface area (Å²) in [6.07, 6.45) is 3.33. The Labute approximate surface area is 148 Å². The number of carboxylic acid groups (broad SMARTS) is 1. The third-order valence-electron chi connectivity index (χ3n) is 5.70. The minimum atomic E-state index is -1.36. The first-order valence-corrected chi connectivity index (χ1v) is 8.49. The molecular weight excluding hydrogens is 341 g/mol. The van der Waals surface area contributed by atoms with Crippen LogP contribution in [0.25, 0.3) is 10.9 Å². The maximum Gasteiger partial charge on any atom is 0.341 e. The number of nitrogens with zero attached hydrogens (tertiary/aromatic N) is 1. The molecular formula is C18H20FN3O4. The van der Waals surface area contributed by atoms with Crippen molar-refractivity contribution in [3.63, 3.8) is 0 Å². The standard InChI is InChI=1S/C18H20FN3O4/c1-20-12-7-22(8-18(12)3-4-18)14-11(19)5-9-13(16(14)26-2)21-6-10(15(9)23)17(24)25/h5-6,12,20H,3-4,7-8H2,1-2H3,(H,21,23)(H,24,25). The lowest BCUT2D eigenvalue weighted by molar-refractivity contribution is 0.0695. The fourth-order valence-electron chi connectivity index (χ4n) is 4.15. The number of fused-ring (bicyclic) bond motifs is 1. The number of carboxylic acids is 1. The molecule has 0 amide bonds. The van der Waals surface area contributed by atoms with Crippen LogP contribution in [0.2, 0.25) is 0 Å². The lowest BCUT2D eigenvalue weighted by Crippen LogP contribution is -2.34. The van der Waals surface area contributed by atoms with E-state index in [1.165, 1.54) is 7.11 Å². The van der Waals surface area contributed by atoms with Gasteiger partial charge in [0.05, 0.1) is 18.0 Å². The molecule has 2 fully saturated rings. The molecule has 1 aliphatic heterocycles. The predicted molar refractivity (Wildman–Crippen MR) is 94.8 cm³/mol. The summed E-state index contributed by atoms with van der Waals surface area (Å²) in [5.74, 6) is -1.72. The number of aromatic amines is 1. The number of hydrogen-bond acceptors (Lipinski definition) is 5. The van der Waals surface area contributed by atoms with Gasteiger partial charge in [-0.25, -0.2) is 9.18 Å². The molecule has 4 rings (SSSR count). The van der Waals surface area contributed by atoms with Gasteiger partial charge in [-0.2, -0.15) is 0 Å². The van der Waals surface area contributed by atoms with Gasteiger partial charge in [0.15, 0.2) is 11.6 Å². The number of aromatic nitrogens is 1. The smallest absolute Gasteiger partial charge is 0.341 e. The predicted octanol–water partition coefficient (Wildman–Crippen LogP) is 1.56. The van der Waals surface area contributed by atoms with Crippen molar-refractivity contribution in [2.45, 2.75) is 18.9 Å². The minimum Gasteiger partial charge on any atom is -0.492 e. The number of nitrogens with one attached hydrogen (secondary N) is 2. The van der Waals surface area contributed by atoms with Crippen LogP contribution in [0.3, 0.4) is 0 Å². The van der Waals surface area contributed by atoms with Gasteiger partial charge in [0.2, 0.25) is 5.43 Å². The van der Waals surface area contributed by atoms with Gasteiger partial charge in [-0.05, 0) is 26.0 Å². The Morgan fingerprint density at radius 3 is 2.77 bits per heavy atom. The topological polar surface area (TPSA) is 94.7 Å². The van der Waals surface area contributed by atoms with Crippen molar-refractivity contribution in [1.82, 2.24) is 10.3 Å². The number of hydrogen-bond donors (Lipinski definition) is 3. The normalized spacial score (nSPS) is 20.7. The number of halogens is 1. The Bertz CT molecular complexity index is 967. The molecule has 7 nitrogen and oxygen atoms in total. The summed E-state index contributed by atoms with van der Waals surface area (Å²) >= 11 is 0. The van der Waals surface area contributed by atoms with E-state index < -0.39 is 22.8 Å². The van der Waals surface area contributed by atoms with E-state index in [1.807, 2.05) is 11.9 Å². The monoisotopic (exact) mass is 361 g/mol. The highest BCUT2D eigenvalue weighted by atomic mass is 19.1. The number of pyridine rings is 1. The number of benzene rings is 1. The van der Waals surface area contributed by atoms with E-state index in [0.29, 0.717) is 24.3 Å². The summed E-state index contributed by atoms with van der Waals surface area (Å²) in [5, 5.41) is 12.4. The summed E-state index contributed by atoms with van der Waals surface area (Å²) in [5.41, 5.74) is -0.385. The number of methoxy groups -OCH3 is 1. The molecule has 1 saturated carbocycles. The van der Waals surface area contributed by atoms with Gasteiger partial charge in [-0.3, -0.25) is 4.79 Å². The number of anilines is 1. The number of H-pyrrole nitrogens is 1. The average molecular weight is 361 g/mol. The van der Waals surface area contributed by atoms with Crippen LogP contribution in [-0.2, 0) is 0 Å². The van der Waals surface area contributed by atoms with Crippen LogP contribution in [0, 0.1) is 11.2 Å². The van der Waals surface area contributed by atoms with Crippen LogP contribution in [-0.4, -0.2) is 49.3 Å². The molecule has 1 unspecified atom stereocenters. The molecule has 1 saturated heterocycles. The number of rotatable bonds is 4. The van der Waals surface area contributed by atoms with Crippen LogP contribution >= 0.6 is 0 Å². The van der Waals surface area contributed by atoms with Crippen LogP contribution in [0.1, 0.15) is 23.2 Å². The van der Waals surface area contributed by atoms with Crippen LogP contribution < -0.4 is 20.4 Å². The lowest BCUT2D eigenvalue weighted by atomic mass is 10.0. The number of ether oxygens (including phenoxy) is 1. The lowest BCUT2D eigenvalue weighted by Gasteiger charge is -2.23. The molecule has 2 aliphatic rings. The Kier molecular flexibility index (Phi) is 3.69. The fraction of sp³-hybridized carbons (Fsp3) is 0.444. The SMILES string of the molecule is CNC1CN(c2c(F)cc3c(=O)c(C(=O)O)c[nH]c3c2OC)CC12CC2. The molecule has 0 bridgehead atoms. The quantitative estimate of drug-likeness (QED) is 0.765. The average Bonchev–Trinajstić information content (AvgIpc) is 3.28. The fourth-order valence-corrected chi connectivity index (χ4v) is 4.15. The van der Waals surface area contributed by atoms with E-state index in [0.717, 1.165) is 25.1 Å². The molecule has 1 aromatic carbocycles.